The van der Waals surface area contributed by atoms with Crippen molar-refractivity contribution in [3.8, 4) is 0 Å². The van der Waals surface area contributed by atoms with Gasteiger partial charge in [0.1, 0.15) is 6.54 Å². The second kappa shape index (κ2) is 4.61. The molecule has 0 atom stereocenters. The molecule has 2 rings (SSSR count). The van der Waals surface area contributed by atoms with Crippen LogP contribution in [0.3, 0.4) is 0 Å². The Bertz CT molecular complexity index is 452. The van der Waals surface area contributed by atoms with E-state index in [1.165, 1.54) is 7.11 Å². The average molecular weight is 216 g/mol. The summed E-state index contributed by atoms with van der Waals surface area (Å²) in [5.41, 5.74) is 1.93. The molecule has 82 valence electrons. The Kier molecular flexibility index (Phi) is 3.00. The molecule has 0 saturated heterocycles. The normalized spacial score (nSPS) is 13.2. The van der Waals surface area contributed by atoms with Gasteiger partial charge in [0.15, 0.2) is 0 Å². The number of carbonyl (C=O) groups is 1. The van der Waals surface area contributed by atoms with Gasteiger partial charge < -0.3 is 9.64 Å². The van der Waals surface area contributed by atoms with Gasteiger partial charge in [0.2, 0.25) is 0 Å². The number of rotatable bonds is 2. The summed E-state index contributed by atoms with van der Waals surface area (Å²) in [4.78, 5) is 17.2. The second-order valence-corrected chi connectivity index (χ2v) is 3.34. The summed E-state index contributed by atoms with van der Waals surface area (Å²) in [5, 5.41) is 0. The fourth-order valence-electron chi connectivity index (χ4n) is 1.52. The van der Waals surface area contributed by atoms with Crippen LogP contribution in [0.5, 0.6) is 0 Å². The molecular formula is C12H12N2O2. The Morgan fingerprint density at radius 3 is 3.06 bits per heavy atom. The lowest BCUT2D eigenvalue weighted by atomic mass is 10.2. The molecular weight excluding hydrogens is 204 g/mol. The first kappa shape index (κ1) is 10.4. The number of ether oxygens (including phenoxy) is 1. The van der Waals surface area contributed by atoms with Gasteiger partial charge in [0.05, 0.1) is 12.8 Å². The Labute approximate surface area is 93.9 Å². The molecule has 0 bridgehead atoms. The van der Waals surface area contributed by atoms with Gasteiger partial charge in [-0.2, -0.15) is 0 Å². The van der Waals surface area contributed by atoms with Crippen LogP contribution in [-0.2, 0) is 9.53 Å². The summed E-state index contributed by atoms with van der Waals surface area (Å²) in [6, 6.07) is 7.76. The first-order valence-corrected chi connectivity index (χ1v) is 4.93. The van der Waals surface area contributed by atoms with Crippen molar-refractivity contribution in [1.82, 2.24) is 0 Å². The number of hydrogen-bond acceptors (Lipinski definition) is 4. The monoisotopic (exact) mass is 216 g/mol. The van der Waals surface area contributed by atoms with E-state index in [-0.39, 0.29) is 12.5 Å². The maximum absolute atomic E-state index is 11.3. The third-order valence-electron chi connectivity index (χ3n) is 2.32. The summed E-state index contributed by atoms with van der Waals surface area (Å²) in [6.07, 6.45) is 5.19. The predicted octanol–water partition coefficient (Wildman–Crippen LogP) is 1.57. The zero-order chi connectivity index (χ0) is 11.4. The Balaban J connectivity index is 2.31. The van der Waals surface area contributed by atoms with Gasteiger partial charge in [0, 0.05) is 24.2 Å². The number of fused-ring (bicyclic) bond motifs is 1. The lowest BCUT2D eigenvalue weighted by Gasteiger charge is -2.19. The summed E-state index contributed by atoms with van der Waals surface area (Å²) >= 11 is 0. The minimum Gasteiger partial charge on any atom is -0.468 e. The minimum absolute atomic E-state index is 0.188. The van der Waals surface area contributed by atoms with E-state index in [0.717, 1.165) is 11.3 Å². The fraction of sp³-hybridized carbons (Fsp3) is 0.167. The summed E-state index contributed by atoms with van der Waals surface area (Å²) < 4.78 is 4.65. The molecule has 0 amide bonds. The largest absolute Gasteiger partial charge is 0.468 e. The molecule has 0 N–H and O–H groups in total. The number of methoxy groups -OCH3 is 1. The van der Waals surface area contributed by atoms with E-state index in [0.29, 0.717) is 0 Å². The quantitative estimate of drug-likeness (QED) is 0.705. The smallest absolute Gasteiger partial charge is 0.325 e. The topological polar surface area (TPSA) is 41.9 Å². The van der Waals surface area contributed by atoms with E-state index >= 15 is 0 Å². The zero-order valence-corrected chi connectivity index (χ0v) is 8.96. The third kappa shape index (κ3) is 2.11. The maximum atomic E-state index is 11.3. The van der Waals surface area contributed by atoms with Crippen LogP contribution in [-0.4, -0.2) is 25.8 Å². The number of anilines is 1. The molecule has 1 aromatic rings. The third-order valence-corrected chi connectivity index (χ3v) is 2.32. The van der Waals surface area contributed by atoms with Crippen molar-refractivity contribution in [1.29, 1.82) is 0 Å². The van der Waals surface area contributed by atoms with E-state index in [2.05, 4.69) is 9.73 Å². The van der Waals surface area contributed by atoms with Crippen LogP contribution in [0.15, 0.2) is 41.7 Å². The van der Waals surface area contributed by atoms with Crippen molar-refractivity contribution in [2.75, 3.05) is 18.6 Å². The van der Waals surface area contributed by atoms with Gasteiger partial charge >= 0.3 is 5.97 Å². The van der Waals surface area contributed by atoms with Crippen molar-refractivity contribution in [3.05, 3.63) is 42.2 Å². The zero-order valence-electron chi connectivity index (χ0n) is 8.96. The summed E-state index contributed by atoms with van der Waals surface area (Å²) in [5.74, 6) is -0.277. The Morgan fingerprint density at radius 2 is 2.25 bits per heavy atom. The highest BCUT2D eigenvalue weighted by molar-refractivity contribution is 5.91. The number of hydrogen-bond donors (Lipinski definition) is 0. The van der Waals surface area contributed by atoms with E-state index in [1.54, 1.807) is 18.6 Å². The molecule has 0 spiro atoms. The first-order chi connectivity index (χ1) is 7.81. The number of aliphatic imine (C=N–C) groups is 1. The number of benzene rings is 1. The van der Waals surface area contributed by atoms with Crippen molar-refractivity contribution in [2.45, 2.75) is 0 Å². The van der Waals surface area contributed by atoms with E-state index < -0.39 is 0 Å². The van der Waals surface area contributed by atoms with Gasteiger partial charge in [-0.3, -0.25) is 9.79 Å². The molecule has 0 radical (unpaired) electrons. The molecule has 16 heavy (non-hydrogen) atoms. The summed E-state index contributed by atoms with van der Waals surface area (Å²) in [7, 11) is 1.38. The number of carbonyl (C=O) groups excluding carboxylic acids is 1. The highest BCUT2D eigenvalue weighted by Gasteiger charge is 2.13. The Hall–Kier alpha value is -2.10. The molecule has 1 heterocycles. The van der Waals surface area contributed by atoms with Crippen LogP contribution in [0.1, 0.15) is 5.56 Å². The lowest BCUT2D eigenvalue weighted by Crippen LogP contribution is -2.25. The molecule has 0 saturated carbocycles. The van der Waals surface area contributed by atoms with Crippen LogP contribution in [0.2, 0.25) is 0 Å². The first-order valence-electron chi connectivity index (χ1n) is 4.93. The standard InChI is InChI=1S/C12H12N2O2/c1-16-12(15)9-14-7-6-13-8-10-4-2-3-5-11(10)14/h2-8H,9H2,1H3. The molecule has 4 nitrogen and oxygen atoms in total. The van der Waals surface area contributed by atoms with Crippen molar-refractivity contribution in [2.24, 2.45) is 4.99 Å². The molecule has 0 aromatic heterocycles. The van der Waals surface area contributed by atoms with Gasteiger partial charge in [-0.15, -0.1) is 0 Å². The molecule has 4 heteroatoms. The van der Waals surface area contributed by atoms with Crippen LogP contribution < -0.4 is 4.90 Å². The van der Waals surface area contributed by atoms with E-state index in [1.807, 2.05) is 29.2 Å². The van der Waals surface area contributed by atoms with Crippen LogP contribution >= 0.6 is 0 Å². The van der Waals surface area contributed by atoms with E-state index in [4.69, 9.17) is 0 Å². The predicted molar refractivity (Wildman–Crippen MR) is 62.5 cm³/mol. The highest BCUT2D eigenvalue weighted by Crippen LogP contribution is 2.20. The molecule has 0 fully saturated rings. The van der Waals surface area contributed by atoms with Crippen molar-refractivity contribution in [3.63, 3.8) is 0 Å². The SMILES string of the molecule is COC(=O)CN1C=CN=Cc2ccccc21. The van der Waals surface area contributed by atoms with Gasteiger partial charge in [-0.05, 0) is 6.07 Å². The average Bonchev–Trinajstić information content (AvgIpc) is 2.52. The number of esters is 1. The highest BCUT2D eigenvalue weighted by atomic mass is 16.5. The minimum atomic E-state index is -0.277. The van der Waals surface area contributed by atoms with Crippen LogP contribution in [0, 0.1) is 0 Å². The fourth-order valence-corrected chi connectivity index (χ4v) is 1.52. The lowest BCUT2D eigenvalue weighted by molar-refractivity contribution is -0.138. The molecule has 1 aromatic carbocycles. The Morgan fingerprint density at radius 1 is 1.44 bits per heavy atom. The second-order valence-electron chi connectivity index (χ2n) is 3.34. The molecule has 1 aliphatic rings. The van der Waals surface area contributed by atoms with E-state index in [9.17, 15) is 4.79 Å². The van der Waals surface area contributed by atoms with Gasteiger partial charge in [-0.25, -0.2) is 0 Å². The molecule has 0 unspecified atom stereocenters. The number of nitrogens with zero attached hydrogens (tertiary/aromatic N) is 2. The summed E-state index contributed by atoms with van der Waals surface area (Å²) in [6.45, 7) is 0.188. The van der Waals surface area contributed by atoms with Crippen LogP contribution in [0.4, 0.5) is 5.69 Å². The van der Waals surface area contributed by atoms with Crippen molar-refractivity contribution >= 4 is 17.9 Å². The molecule has 0 aliphatic carbocycles. The van der Waals surface area contributed by atoms with Gasteiger partial charge in [-0.1, -0.05) is 18.2 Å². The molecule has 1 aliphatic heterocycles. The van der Waals surface area contributed by atoms with Crippen LogP contribution in [0.25, 0.3) is 0 Å². The number of para-hydroxylation sites is 1. The maximum Gasteiger partial charge on any atom is 0.325 e. The van der Waals surface area contributed by atoms with Crippen molar-refractivity contribution < 1.29 is 9.53 Å². The van der Waals surface area contributed by atoms with Gasteiger partial charge in [0.25, 0.3) is 0 Å².